The van der Waals surface area contributed by atoms with E-state index in [1.165, 1.54) is 23.1 Å². The number of halogens is 4. The molecule has 2 aromatic rings. The zero-order valence-electron chi connectivity index (χ0n) is 16.1. The molecule has 29 heavy (non-hydrogen) atoms. The van der Waals surface area contributed by atoms with E-state index < -0.39 is 17.8 Å². The lowest BCUT2D eigenvalue weighted by atomic mass is 10.1. The number of hydrogen-bond donors (Lipinski definition) is 1. The van der Waals surface area contributed by atoms with Gasteiger partial charge in [-0.3, -0.25) is 9.59 Å². The summed E-state index contributed by atoms with van der Waals surface area (Å²) < 4.78 is 14.2. The minimum absolute atomic E-state index is 0.0799. The van der Waals surface area contributed by atoms with Crippen molar-refractivity contribution in [1.29, 1.82) is 0 Å². The lowest BCUT2D eigenvalue weighted by Gasteiger charge is -2.31. The number of likely N-dealkylation sites (N-methyl/N-ethyl adjacent to an activating group) is 1. The molecule has 0 bridgehead atoms. The zero-order chi connectivity index (χ0) is 21.6. The maximum Gasteiger partial charge on any atom is 0.242 e. The second-order valence-corrected chi connectivity index (χ2v) is 7.70. The highest BCUT2D eigenvalue weighted by atomic mass is 35.5. The van der Waals surface area contributed by atoms with Gasteiger partial charge in [-0.1, -0.05) is 53.9 Å². The fraction of sp³-hybridized carbons (Fsp3) is 0.333. The van der Waals surface area contributed by atoms with Crippen molar-refractivity contribution in [3.63, 3.8) is 0 Å². The number of benzene rings is 2. The van der Waals surface area contributed by atoms with E-state index in [0.717, 1.165) is 0 Å². The Hall–Kier alpha value is -1.82. The highest BCUT2D eigenvalue weighted by Gasteiger charge is 2.29. The molecule has 0 saturated carbocycles. The van der Waals surface area contributed by atoms with E-state index in [-0.39, 0.29) is 29.5 Å². The van der Waals surface area contributed by atoms with Gasteiger partial charge < -0.3 is 10.2 Å². The average molecular weight is 460 g/mol. The van der Waals surface area contributed by atoms with E-state index in [1.807, 2.05) is 0 Å². The Morgan fingerprint density at radius 3 is 2.41 bits per heavy atom. The van der Waals surface area contributed by atoms with Gasteiger partial charge in [-0.05, 0) is 43.2 Å². The number of nitrogens with one attached hydrogen (secondary N) is 1. The van der Waals surface area contributed by atoms with Crippen molar-refractivity contribution in [2.45, 2.75) is 39.3 Å². The Bertz CT molecular complexity index is 872. The number of nitrogens with zero attached hydrogens (tertiary/aromatic N) is 1. The van der Waals surface area contributed by atoms with Gasteiger partial charge in [-0.15, -0.1) is 0 Å². The topological polar surface area (TPSA) is 49.4 Å². The Morgan fingerprint density at radius 2 is 1.83 bits per heavy atom. The molecule has 1 atom stereocenters. The Morgan fingerprint density at radius 1 is 1.10 bits per heavy atom. The van der Waals surface area contributed by atoms with Gasteiger partial charge in [0.05, 0.1) is 6.42 Å². The van der Waals surface area contributed by atoms with Gasteiger partial charge in [-0.25, -0.2) is 4.39 Å². The van der Waals surface area contributed by atoms with Crippen LogP contribution in [0.2, 0.25) is 15.1 Å². The summed E-state index contributed by atoms with van der Waals surface area (Å²) in [6.07, 6.45) is 0.112. The number of amides is 2. The van der Waals surface area contributed by atoms with Crippen LogP contribution in [-0.2, 0) is 22.6 Å². The van der Waals surface area contributed by atoms with Crippen LogP contribution in [0.25, 0.3) is 0 Å². The van der Waals surface area contributed by atoms with Crippen LogP contribution in [0.1, 0.15) is 31.4 Å². The number of carbonyl (C=O) groups is 2. The van der Waals surface area contributed by atoms with Crippen molar-refractivity contribution in [3.8, 4) is 0 Å². The molecular formula is C21H22Cl3FN2O2. The van der Waals surface area contributed by atoms with Crippen molar-refractivity contribution in [2.24, 2.45) is 0 Å². The lowest BCUT2D eigenvalue weighted by Crippen LogP contribution is -2.49. The molecule has 8 heteroatoms. The molecule has 2 amide bonds. The molecule has 2 rings (SSSR count). The van der Waals surface area contributed by atoms with E-state index >= 15 is 0 Å². The molecule has 0 fully saturated rings. The minimum atomic E-state index is -0.736. The summed E-state index contributed by atoms with van der Waals surface area (Å²) >= 11 is 18.3. The van der Waals surface area contributed by atoms with Crippen LogP contribution in [0.5, 0.6) is 0 Å². The molecule has 0 aliphatic heterocycles. The third-order valence-electron chi connectivity index (χ3n) is 4.48. The Kier molecular flexibility index (Phi) is 8.75. The molecule has 0 aliphatic rings. The number of rotatable bonds is 8. The van der Waals surface area contributed by atoms with Gasteiger partial charge in [0, 0.05) is 33.7 Å². The van der Waals surface area contributed by atoms with Crippen LogP contribution in [0.4, 0.5) is 4.39 Å². The predicted octanol–water partition coefficient (Wildman–Crippen LogP) is 5.27. The Labute approximate surface area is 184 Å². The summed E-state index contributed by atoms with van der Waals surface area (Å²) in [7, 11) is 0. The van der Waals surface area contributed by atoms with Crippen LogP contribution in [0.15, 0.2) is 36.4 Å². The first kappa shape index (κ1) is 23.5. The van der Waals surface area contributed by atoms with Gasteiger partial charge in [0.2, 0.25) is 11.8 Å². The second-order valence-electron chi connectivity index (χ2n) is 6.45. The summed E-state index contributed by atoms with van der Waals surface area (Å²) in [5.74, 6) is -1.28. The van der Waals surface area contributed by atoms with Gasteiger partial charge in [-0.2, -0.15) is 0 Å². The molecule has 0 spiro atoms. The third kappa shape index (κ3) is 6.08. The molecule has 4 nitrogen and oxygen atoms in total. The summed E-state index contributed by atoms with van der Waals surface area (Å²) in [6, 6.07) is 8.44. The molecule has 0 heterocycles. The quantitative estimate of drug-likeness (QED) is 0.584. The maximum absolute atomic E-state index is 14.2. The largest absolute Gasteiger partial charge is 0.355 e. The molecule has 0 radical (unpaired) electrons. The van der Waals surface area contributed by atoms with E-state index in [1.54, 1.807) is 32.0 Å². The Balaban J connectivity index is 2.39. The number of carbonyl (C=O) groups excluding carboxylic acids is 2. The molecule has 0 aromatic heterocycles. The smallest absolute Gasteiger partial charge is 0.242 e. The molecule has 1 N–H and O–H groups in total. The first-order valence-electron chi connectivity index (χ1n) is 9.22. The van der Waals surface area contributed by atoms with Crippen molar-refractivity contribution < 1.29 is 14.0 Å². The minimum Gasteiger partial charge on any atom is -0.355 e. The van der Waals surface area contributed by atoms with E-state index in [9.17, 15) is 14.0 Å². The predicted molar refractivity (Wildman–Crippen MR) is 115 cm³/mol. The SMILES string of the molecule is CCNC(=O)C(CC)N(Cc1ccc(Cl)cc1Cl)C(=O)Cc1c(F)cccc1Cl. The second kappa shape index (κ2) is 10.8. The van der Waals surface area contributed by atoms with Crippen molar-refractivity contribution >= 4 is 46.6 Å². The summed E-state index contributed by atoms with van der Waals surface area (Å²) in [4.78, 5) is 27.1. The molecule has 0 saturated heterocycles. The van der Waals surface area contributed by atoms with Gasteiger partial charge in [0.25, 0.3) is 0 Å². The fourth-order valence-electron chi connectivity index (χ4n) is 3.00. The summed E-state index contributed by atoms with van der Waals surface area (Å²) in [6.45, 7) is 4.11. The average Bonchev–Trinajstić information content (AvgIpc) is 2.66. The van der Waals surface area contributed by atoms with E-state index in [4.69, 9.17) is 34.8 Å². The maximum atomic E-state index is 14.2. The van der Waals surface area contributed by atoms with Crippen LogP contribution in [0, 0.1) is 5.82 Å². The zero-order valence-corrected chi connectivity index (χ0v) is 18.4. The van der Waals surface area contributed by atoms with E-state index in [2.05, 4.69) is 5.32 Å². The third-order valence-corrected chi connectivity index (χ3v) is 5.42. The molecule has 0 aliphatic carbocycles. The monoisotopic (exact) mass is 458 g/mol. The van der Waals surface area contributed by atoms with Gasteiger partial charge >= 0.3 is 0 Å². The van der Waals surface area contributed by atoms with Gasteiger partial charge in [0.15, 0.2) is 0 Å². The van der Waals surface area contributed by atoms with Crippen LogP contribution in [-0.4, -0.2) is 29.3 Å². The molecule has 1 unspecified atom stereocenters. The molecule has 2 aromatic carbocycles. The standard InChI is InChI=1S/C21H22Cl3FN2O2/c1-3-19(21(29)26-4-2)27(12-13-8-9-14(22)10-17(13)24)20(28)11-15-16(23)6-5-7-18(15)25/h5-10,19H,3-4,11-12H2,1-2H3,(H,26,29). The number of hydrogen-bond acceptors (Lipinski definition) is 2. The van der Waals surface area contributed by atoms with Gasteiger partial charge in [0.1, 0.15) is 11.9 Å². The van der Waals surface area contributed by atoms with E-state index in [0.29, 0.717) is 28.6 Å². The normalized spacial score (nSPS) is 11.8. The summed E-state index contributed by atoms with van der Waals surface area (Å²) in [5, 5.41) is 3.75. The first-order chi connectivity index (χ1) is 13.8. The molecule has 156 valence electrons. The van der Waals surface area contributed by atoms with Crippen molar-refractivity contribution in [1.82, 2.24) is 10.2 Å². The first-order valence-corrected chi connectivity index (χ1v) is 10.4. The van der Waals surface area contributed by atoms with Crippen molar-refractivity contribution in [3.05, 3.63) is 68.4 Å². The highest BCUT2D eigenvalue weighted by molar-refractivity contribution is 6.35. The van der Waals surface area contributed by atoms with Crippen molar-refractivity contribution in [2.75, 3.05) is 6.54 Å². The highest BCUT2D eigenvalue weighted by Crippen LogP contribution is 2.25. The fourth-order valence-corrected chi connectivity index (χ4v) is 3.70. The van der Waals surface area contributed by atoms with Crippen LogP contribution >= 0.6 is 34.8 Å². The van der Waals surface area contributed by atoms with Crippen LogP contribution in [0.3, 0.4) is 0 Å². The summed E-state index contributed by atoms with van der Waals surface area (Å²) in [5.41, 5.74) is 0.726. The lowest BCUT2D eigenvalue weighted by molar-refractivity contribution is -0.140. The van der Waals surface area contributed by atoms with Crippen LogP contribution < -0.4 is 5.32 Å². The molecular weight excluding hydrogens is 438 g/mol.